The summed E-state index contributed by atoms with van der Waals surface area (Å²) < 4.78 is 3.88. The quantitative estimate of drug-likeness (QED) is 0.789. The monoisotopic (exact) mass is 255 g/mol. The molecule has 1 heterocycles. The summed E-state index contributed by atoms with van der Waals surface area (Å²) in [5, 5.41) is 0. The molecule has 0 unspecified atom stereocenters. The second-order valence-corrected chi connectivity index (χ2v) is 4.56. The summed E-state index contributed by atoms with van der Waals surface area (Å²) in [7, 11) is 0. The molecule has 0 spiro atoms. The molecular formula is C8H15NTe. The molecule has 2 N–H and O–H groups in total. The van der Waals surface area contributed by atoms with Crippen LogP contribution in [0.4, 0.5) is 0 Å². The Morgan fingerprint density at radius 1 is 1.50 bits per heavy atom. The molecule has 0 fully saturated rings. The molecular weight excluding hydrogens is 238 g/mol. The van der Waals surface area contributed by atoms with Gasteiger partial charge in [0.1, 0.15) is 0 Å². The van der Waals surface area contributed by atoms with Crippen molar-refractivity contribution in [1.82, 2.24) is 0 Å². The van der Waals surface area contributed by atoms with Gasteiger partial charge in [-0.3, -0.25) is 0 Å². The average molecular weight is 253 g/mol. The van der Waals surface area contributed by atoms with Gasteiger partial charge in [-0.05, 0) is 0 Å². The molecule has 1 aromatic rings. The van der Waals surface area contributed by atoms with Gasteiger partial charge in [-0.2, -0.15) is 0 Å². The van der Waals surface area contributed by atoms with E-state index in [4.69, 9.17) is 5.73 Å². The first-order valence-corrected chi connectivity index (χ1v) is 6.17. The van der Waals surface area contributed by atoms with E-state index in [1.807, 2.05) is 13.8 Å². The second-order valence-electron chi connectivity index (χ2n) is 1.62. The molecule has 1 nitrogen and oxygen atoms in total. The number of rotatable bonds is 2. The summed E-state index contributed by atoms with van der Waals surface area (Å²) in [4.78, 5) is 0. The average Bonchev–Trinajstić information content (AvgIpc) is 2.46. The van der Waals surface area contributed by atoms with Crippen LogP contribution in [0.15, 0.2) is 16.2 Å². The third-order valence-corrected chi connectivity index (χ3v) is 3.64. The third kappa shape index (κ3) is 4.11. The van der Waals surface area contributed by atoms with Crippen molar-refractivity contribution in [2.75, 3.05) is 6.54 Å². The molecule has 0 aliphatic heterocycles. The van der Waals surface area contributed by atoms with E-state index in [0.29, 0.717) is 0 Å². The normalized spacial score (nSPS) is 8.30. The summed E-state index contributed by atoms with van der Waals surface area (Å²) in [5.41, 5.74) is 5.36. The van der Waals surface area contributed by atoms with E-state index in [0.717, 1.165) is 13.0 Å². The van der Waals surface area contributed by atoms with Crippen LogP contribution in [0.5, 0.6) is 0 Å². The zero-order valence-corrected chi connectivity index (χ0v) is 8.96. The van der Waals surface area contributed by atoms with Crippen LogP contribution in [0.2, 0.25) is 0 Å². The van der Waals surface area contributed by atoms with E-state index in [-0.39, 0.29) is 20.4 Å². The van der Waals surface area contributed by atoms with E-state index in [1.165, 1.54) is 0 Å². The van der Waals surface area contributed by atoms with Crippen molar-refractivity contribution in [2.45, 2.75) is 20.3 Å². The van der Waals surface area contributed by atoms with Crippen LogP contribution in [0.3, 0.4) is 0 Å². The predicted octanol–water partition coefficient (Wildman–Crippen LogP) is 1.27. The first-order valence-electron chi connectivity index (χ1n) is 3.66. The summed E-state index contributed by atoms with van der Waals surface area (Å²) >= 11 is 0.116. The minimum absolute atomic E-state index is 0.116. The zero-order chi connectivity index (χ0) is 7.82. The van der Waals surface area contributed by atoms with Crippen molar-refractivity contribution >= 4 is 20.4 Å². The van der Waals surface area contributed by atoms with Gasteiger partial charge in [-0.1, -0.05) is 13.8 Å². The number of hydrogen-bond acceptors (Lipinski definition) is 1. The molecule has 0 saturated carbocycles. The molecule has 0 aromatic carbocycles. The number of hydrogen-bond donors (Lipinski definition) is 1. The fourth-order valence-electron chi connectivity index (χ4n) is 0.597. The standard InChI is InChI=1S/C6H9NTe.C2H6/c7-4-3-6-2-1-5-8-6;1-2/h1-2,5H,3-4,7H2;1-2H3. The molecule has 0 bridgehead atoms. The molecule has 2 heteroatoms. The van der Waals surface area contributed by atoms with Crippen LogP contribution < -0.4 is 5.73 Å². The van der Waals surface area contributed by atoms with E-state index >= 15 is 0 Å². The second kappa shape index (κ2) is 7.34. The predicted molar refractivity (Wildman–Crippen MR) is 47.5 cm³/mol. The van der Waals surface area contributed by atoms with Crippen LogP contribution in [0.1, 0.15) is 17.4 Å². The van der Waals surface area contributed by atoms with Crippen molar-refractivity contribution in [3.05, 3.63) is 19.8 Å². The zero-order valence-electron chi connectivity index (χ0n) is 6.63. The van der Waals surface area contributed by atoms with Gasteiger partial charge in [-0.25, -0.2) is 0 Å². The van der Waals surface area contributed by atoms with Crippen molar-refractivity contribution in [3.8, 4) is 0 Å². The Morgan fingerprint density at radius 2 is 2.20 bits per heavy atom. The van der Waals surface area contributed by atoms with E-state index in [1.54, 1.807) is 3.58 Å². The van der Waals surface area contributed by atoms with Gasteiger partial charge in [0.2, 0.25) is 0 Å². The summed E-state index contributed by atoms with van der Waals surface area (Å²) in [6.45, 7) is 4.82. The van der Waals surface area contributed by atoms with Gasteiger partial charge >= 0.3 is 58.9 Å². The Bertz CT molecular complexity index is 135. The van der Waals surface area contributed by atoms with Gasteiger partial charge < -0.3 is 0 Å². The molecule has 1 aromatic heterocycles. The molecule has 0 saturated heterocycles. The first-order chi connectivity index (χ1) is 4.93. The summed E-state index contributed by atoms with van der Waals surface area (Å²) in [6, 6.07) is 4.35. The van der Waals surface area contributed by atoms with Gasteiger partial charge in [0, 0.05) is 0 Å². The molecule has 0 amide bonds. The van der Waals surface area contributed by atoms with Gasteiger partial charge in [0.05, 0.1) is 0 Å². The molecule has 0 radical (unpaired) electrons. The minimum atomic E-state index is 0.116. The van der Waals surface area contributed by atoms with Crippen LogP contribution in [0, 0.1) is 0 Å². The Morgan fingerprint density at radius 3 is 2.60 bits per heavy atom. The van der Waals surface area contributed by atoms with Crippen LogP contribution in [-0.4, -0.2) is 27.0 Å². The first kappa shape index (κ1) is 10.2. The maximum atomic E-state index is 5.36. The van der Waals surface area contributed by atoms with Crippen molar-refractivity contribution < 1.29 is 0 Å². The molecule has 0 atom stereocenters. The fraction of sp³-hybridized carbons (Fsp3) is 0.500. The Hall–Kier alpha value is 0.230. The molecule has 58 valence electrons. The SMILES string of the molecule is CC.NCCc1ccc[te]1. The Balaban J connectivity index is 0.000000371. The van der Waals surface area contributed by atoms with Crippen LogP contribution in [-0.2, 0) is 6.42 Å². The van der Waals surface area contributed by atoms with Gasteiger partial charge in [0.15, 0.2) is 0 Å². The third-order valence-electron chi connectivity index (χ3n) is 0.971. The summed E-state index contributed by atoms with van der Waals surface area (Å²) in [6.07, 6.45) is 1.12. The summed E-state index contributed by atoms with van der Waals surface area (Å²) in [5.74, 6) is 0. The van der Waals surface area contributed by atoms with Crippen LogP contribution >= 0.6 is 0 Å². The van der Waals surface area contributed by atoms with E-state index in [9.17, 15) is 0 Å². The Labute approximate surface area is 72.9 Å². The Kier molecular flexibility index (Phi) is 7.51. The maximum absolute atomic E-state index is 5.36. The molecule has 0 aliphatic carbocycles. The molecule has 1 rings (SSSR count). The number of nitrogens with two attached hydrogens (primary N) is 1. The van der Waals surface area contributed by atoms with Gasteiger partial charge in [-0.15, -0.1) is 0 Å². The van der Waals surface area contributed by atoms with E-state index in [2.05, 4.69) is 16.2 Å². The van der Waals surface area contributed by atoms with Gasteiger partial charge in [0.25, 0.3) is 0 Å². The van der Waals surface area contributed by atoms with Crippen LogP contribution in [0.25, 0.3) is 0 Å². The van der Waals surface area contributed by atoms with Crippen molar-refractivity contribution in [3.63, 3.8) is 0 Å². The van der Waals surface area contributed by atoms with E-state index < -0.39 is 0 Å². The van der Waals surface area contributed by atoms with Crippen molar-refractivity contribution in [2.24, 2.45) is 5.73 Å². The van der Waals surface area contributed by atoms with Crippen molar-refractivity contribution in [1.29, 1.82) is 0 Å². The topological polar surface area (TPSA) is 26.0 Å². The molecule has 0 aliphatic rings. The molecule has 10 heavy (non-hydrogen) atoms. The fourth-order valence-corrected chi connectivity index (χ4v) is 2.67.